The van der Waals surface area contributed by atoms with E-state index >= 15 is 0 Å². The van der Waals surface area contributed by atoms with E-state index in [0.717, 1.165) is 29.7 Å². The van der Waals surface area contributed by atoms with Crippen molar-refractivity contribution in [2.24, 2.45) is 0 Å². The Balaban J connectivity index is 1.89. The van der Waals surface area contributed by atoms with Gasteiger partial charge >= 0.3 is 0 Å². The lowest BCUT2D eigenvalue weighted by Gasteiger charge is -2.26. The monoisotopic (exact) mass is 382 g/mol. The van der Waals surface area contributed by atoms with Crippen molar-refractivity contribution in [2.75, 3.05) is 6.61 Å². The molecular formula is C25H34O3. The summed E-state index contributed by atoms with van der Waals surface area (Å²) >= 11 is 0. The van der Waals surface area contributed by atoms with Gasteiger partial charge in [-0.05, 0) is 62.6 Å². The summed E-state index contributed by atoms with van der Waals surface area (Å²) in [5, 5.41) is 9.51. The average Bonchev–Trinajstić information content (AvgIpc) is 2.62. The van der Waals surface area contributed by atoms with Gasteiger partial charge in [0.05, 0.1) is 18.8 Å². The van der Waals surface area contributed by atoms with Crippen LogP contribution in [0.4, 0.5) is 0 Å². The molecule has 0 aromatic heterocycles. The quantitative estimate of drug-likeness (QED) is 0.494. The summed E-state index contributed by atoms with van der Waals surface area (Å²) in [6, 6.07) is 15.7. The Labute approximate surface area is 170 Å². The minimum atomic E-state index is -0.148. The molecule has 2 aromatic carbocycles. The molecule has 152 valence electrons. The zero-order valence-electron chi connectivity index (χ0n) is 17.9. The number of hydrogen-bond acceptors (Lipinski definition) is 3. The van der Waals surface area contributed by atoms with Crippen molar-refractivity contribution in [1.82, 2.24) is 0 Å². The van der Waals surface area contributed by atoms with Gasteiger partial charge in [-0.15, -0.1) is 6.58 Å². The van der Waals surface area contributed by atoms with Crippen LogP contribution in [0.1, 0.15) is 58.6 Å². The number of phenols is 1. The molecule has 2 unspecified atom stereocenters. The molecule has 0 aliphatic carbocycles. The van der Waals surface area contributed by atoms with E-state index in [0.29, 0.717) is 6.61 Å². The first-order chi connectivity index (χ1) is 13.2. The Hall–Kier alpha value is -2.26. The van der Waals surface area contributed by atoms with E-state index in [1.54, 1.807) is 12.1 Å². The van der Waals surface area contributed by atoms with Crippen LogP contribution in [0.5, 0.6) is 11.5 Å². The van der Waals surface area contributed by atoms with E-state index in [1.807, 2.05) is 31.2 Å². The van der Waals surface area contributed by atoms with E-state index < -0.39 is 0 Å². The van der Waals surface area contributed by atoms with E-state index in [4.69, 9.17) is 9.47 Å². The van der Waals surface area contributed by atoms with Gasteiger partial charge in [0.15, 0.2) is 0 Å². The molecule has 28 heavy (non-hydrogen) atoms. The lowest BCUT2D eigenvalue weighted by atomic mass is 9.78. The molecule has 2 aromatic rings. The number of phenolic OH excluding ortho intramolecular Hbond substituents is 1. The van der Waals surface area contributed by atoms with Crippen LogP contribution >= 0.6 is 0 Å². The standard InChI is InChI=1S/C25H34O3/c1-18(2)17-20(4)27-16-15-19(3)28-24-13-9-22(10-14-24)25(5,6)21-7-11-23(26)12-8-21/h7-14,19-20,26H,1,15-17H2,2-6H3. The fourth-order valence-corrected chi connectivity index (χ4v) is 3.27. The Kier molecular flexibility index (Phi) is 7.70. The average molecular weight is 383 g/mol. The fourth-order valence-electron chi connectivity index (χ4n) is 3.27. The molecule has 0 saturated heterocycles. The first kappa shape index (κ1) is 22.0. The number of rotatable bonds is 10. The maximum absolute atomic E-state index is 9.51. The van der Waals surface area contributed by atoms with Crippen LogP contribution in [-0.2, 0) is 10.2 Å². The normalized spacial score (nSPS) is 13.8. The van der Waals surface area contributed by atoms with Crippen molar-refractivity contribution in [3.8, 4) is 11.5 Å². The first-order valence-corrected chi connectivity index (χ1v) is 10.0. The van der Waals surface area contributed by atoms with Crippen LogP contribution in [0.2, 0.25) is 0 Å². The third kappa shape index (κ3) is 6.42. The molecule has 0 spiro atoms. The smallest absolute Gasteiger partial charge is 0.119 e. The second-order valence-electron chi connectivity index (χ2n) is 8.26. The molecule has 0 saturated carbocycles. The number of aromatic hydroxyl groups is 1. The second kappa shape index (κ2) is 9.79. The number of hydrogen-bond donors (Lipinski definition) is 1. The van der Waals surface area contributed by atoms with Gasteiger partial charge in [-0.25, -0.2) is 0 Å². The first-order valence-electron chi connectivity index (χ1n) is 10.0. The van der Waals surface area contributed by atoms with Gasteiger partial charge in [0.2, 0.25) is 0 Å². The predicted molar refractivity (Wildman–Crippen MR) is 116 cm³/mol. The highest BCUT2D eigenvalue weighted by Crippen LogP contribution is 2.33. The molecule has 0 aliphatic heterocycles. The minimum absolute atomic E-state index is 0.0907. The Morgan fingerprint density at radius 2 is 1.50 bits per heavy atom. The molecular weight excluding hydrogens is 348 g/mol. The predicted octanol–water partition coefficient (Wildman–Crippen LogP) is 6.25. The van der Waals surface area contributed by atoms with E-state index in [1.165, 1.54) is 5.56 Å². The highest BCUT2D eigenvalue weighted by atomic mass is 16.5. The summed E-state index contributed by atoms with van der Waals surface area (Å²) in [4.78, 5) is 0. The Morgan fingerprint density at radius 3 is 2.04 bits per heavy atom. The zero-order chi connectivity index (χ0) is 20.7. The van der Waals surface area contributed by atoms with Crippen LogP contribution in [0.3, 0.4) is 0 Å². The molecule has 3 heteroatoms. The second-order valence-corrected chi connectivity index (χ2v) is 8.26. The summed E-state index contributed by atoms with van der Waals surface area (Å²) in [5.74, 6) is 1.16. The van der Waals surface area contributed by atoms with Crippen LogP contribution in [0.25, 0.3) is 0 Å². The van der Waals surface area contributed by atoms with Crippen LogP contribution < -0.4 is 4.74 Å². The molecule has 1 N–H and O–H groups in total. The zero-order valence-corrected chi connectivity index (χ0v) is 17.9. The van der Waals surface area contributed by atoms with Crippen molar-refractivity contribution in [3.05, 3.63) is 71.8 Å². The molecule has 0 radical (unpaired) electrons. The topological polar surface area (TPSA) is 38.7 Å². The van der Waals surface area contributed by atoms with E-state index in [-0.39, 0.29) is 23.4 Å². The van der Waals surface area contributed by atoms with Gasteiger partial charge in [-0.1, -0.05) is 43.7 Å². The van der Waals surface area contributed by atoms with Crippen molar-refractivity contribution >= 4 is 0 Å². The van der Waals surface area contributed by atoms with Gasteiger partial charge in [0.25, 0.3) is 0 Å². The highest BCUT2D eigenvalue weighted by molar-refractivity contribution is 5.41. The van der Waals surface area contributed by atoms with Crippen molar-refractivity contribution < 1.29 is 14.6 Å². The minimum Gasteiger partial charge on any atom is -0.508 e. The van der Waals surface area contributed by atoms with E-state index in [9.17, 15) is 5.11 Å². The molecule has 0 aliphatic rings. The molecule has 2 rings (SSSR count). The van der Waals surface area contributed by atoms with Gasteiger partial charge in [-0.3, -0.25) is 0 Å². The molecule has 0 amide bonds. The molecule has 0 bridgehead atoms. The van der Waals surface area contributed by atoms with Crippen molar-refractivity contribution in [3.63, 3.8) is 0 Å². The number of benzene rings is 2. The fraction of sp³-hybridized carbons (Fsp3) is 0.440. The lowest BCUT2D eigenvalue weighted by molar-refractivity contribution is 0.0464. The largest absolute Gasteiger partial charge is 0.508 e. The lowest BCUT2D eigenvalue weighted by Crippen LogP contribution is -2.19. The van der Waals surface area contributed by atoms with Crippen LogP contribution in [0.15, 0.2) is 60.7 Å². The van der Waals surface area contributed by atoms with E-state index in [2.05, 4.69) is 46.4 Å². The summed E-state index contributed by atoms with van der Waals surface area (Å²) in [7, 11) is 0. The van der Waals surface area contributed by atoms with Gasteiger partial charge in [0, 0.05) is 11.8 Å². The Bertz CT molecular complexity index is 744. The summed E-state index contributed by atoms with van der Waals surface area (Å²) in [5.41, 5.74) is 3.36. The summed E-state index contributed by atoms with van der Waals surface area (Å²) < 4.78 is 11.9. The summed E-state index contributed by atoms with van der Waals surface area (Å²) in [6.07, 6.45) is 2.04. The molecule has 3 nitrogen and oxygen atoms in total. The third-order valence-electron chi connectivity index (χ3n) is 5.06. The van der Waals surface area contributed by atoms with Gasteiger partial charge in [-0.2, -0.15) is 0 Å². The molecule has 0 heterocycles. The SMILES string of the molecule is C=C(C)CC(C)OCCC(C)Oc1ccc(C(C)(C)c2ccc(O)cc2)cc1. The Morgan fingerprint density at radius 1 is 0.964 bits per heavy atom. The van der Waals surface area contributed by atoms with Gasteiger partial charge < -0.3 is 14.6 Å². The molecule has 2 atom stereocenters. The van der Waals surface area contributed by atoms with Crippen molar-refractivity contribution in [1.29, 1.82) is 0 Å². The highest BCUT2D eigenvalue weighted by Gasteiger charge is 2.23. The van der Waals surface area contributed by atoms with Crippen LogP contribution in [0, 0.1) is 0 Å². The third-order valence-corrected chi connectivity index (χ3v) is 5.06. The summed E-state index contributed by atoms with van der Waals surface area (Å²) in [6.45, 7) is 15.1. The van der Waals surface area contributed by atoms with Gasteiger partial charge in [0.1, 0.15) is 11.5 Å². The van der Waals surface area contributed by atoms with Crippen LogP contribution in [-0.4, -0.2) is 23.9 Å². The molecule has 0 fully saturated rings. The number of ether oxygens (including phenoxy) is 2. The maximum atomic E-state index is 9.51. The van der Waals surface area contributed by atoms with Crippen molar-refractivity contribution in [2.45, 2.75) is 65.1 Å². The maximum Gasteiger partial charge on any atom is 0.119 e.